The normalized spacial score (nSPS) is 11.1. The van der Waals surface area contributed by atoms with Crippen LogP contribution in [0.25, 0.3) is 5.65 Å². The molecule has 0 aliphatic rings. The summed E-state index contributed by atoms with van der Waals surface area (Å²) < 4.78 is 31.8. The van der Waals surface area contributed by atoms with Crippen molar-refractivity contribution in [2.75, 3.05) is 0 Å². The van der Waals surface area contributed by atoms with E-state index in [0.717, 1.165) is 4.52 Å². The van der Waals surface area contributed by atoms with Crippen molar-refractivity contribution >= 4 is 22.9 Å². The fourth-order valence-corrected chi connectivity index (χ4v) is 2.04. The van der Waals surface area contributed by atoms with E-state index in [-0.39, 0.29) is 28.0 Å². The van der Waals surface area contributed by atoms with Gasteiger partial charge in [0, 0.05) is 18.2 Å². The predicted molar refractivity (Wildman–Crippen MR) is 73.9 cm³/mol. The maximum atomic E-state index is 12.8. The molecule has 0 radical (unpaired) electrons. The molecular weight excluding hydrogens is 336 g/mol. The number of fused-ring (bicyclic) bond motifs is 1. The molecule has 11 heteroatoms. The molecule has 0 unspecified atom stereocenters. The Balaban J connectivity index is 1.93. The number of ether oxygens (including phenoxy) is 1. The van der Waals surface area contributed by atoms with Crippen molar-refractivity contribution in [1.82, 2.24) is 19.8 Å². The highest BCUT2D eigenvalue weighted by Crippen LogP contribution is 2.30. The molecule has 0 fully saturated rings. The molecule has 3 rings (SSSR count). The summed E-state index contributed by atoms with van der Waals surface area (Å²) in [6.07, 6.45) is -2.85. The SMILES string of the molecule is O=[N+]([O-])c1ccc(Oc2ccc3nnc(C(F)F)n3n2)cc1Cl. The molecule has 8 nitrogen and oxygen atoms in total. The monoisotopic (exact) mass is 341 g/mol. The number of alkyl halides is 2. The second kappa shape index (κ2) is 5.72. The summed E-state index contributed by atoms with van der Waals surface area (Å²) >= 11 is 5.77. The molecule has 0 bridgehead atoms. The van der Waals surface area contributed by atoms with Crippen LogP contribution in [0.15, 0.2) is 30.3 Å². The lowest BCUT2D eigenvalue weighted by atomic mass is 10.3. The molecule has 0 amide bonds. The first-order valence-electron chi connectivity index (χ1n) is 6.08. The van der Waals surface area contributed by atoms with Crippen molar-refractivity contribution < 1.29 is 18.4 Å². The number of benzene rings is 1. The van der Waals surface area contributed by atoms with Gasteiger partial charge >= 0.3 is 0 Å². The summed E-state index contributed by atoms with van der Waals surface area (Å²) in [4.78, 5) is 10.1. The Kier molecular flexibility index (Phi) is 3.74. The van der Waals surface area contributed by atoms with E-state index in [0.29, 0.717) is 0 Å². The number of nitro groups is 1. The van der Waals surface area contributed by atoms with Gasteiger partial charge in [0.05, 0.1) is 4.92 Å². The van der Waals surface area contributed by atoms with E-state index < -0.39 is 17.2 Å². The second-order valence-corrected chi connectivity index (χ2v) is 4.68. The smallest absolute Gasteiger partial charge is 0.299 e. The van der Waals surface area contributed by atoms with Gasteiger partial charge in [-0.15, -0.1) is 15.3 Å². The fourth-order valence-electron chi connectivity index (χ4n) is 1.80. The number of nitro benzene ring substituents is 1. The molecule has 118 valence electrons. The Bertz CT molecular complexity index is 902. The summed E-state index contributed by atoms with van der Waals surface area (Å²) in [6, 6.07) is 6.50. The molecule has 0 atom stereocenters. The van der Waals surface area contributed by atoms with E-state index in [4.69, 9.17) is 16.3 Å². The predicted octanol–water partition coefficient (Wildman–Crippen LogP) is 3.42. The van der Waals surface area contributed by atoms with Crippen LogP contribution in [0.1, 0.15) is 12.2 Å². The zero-order chi connectivity index (χ0) is 16.6. The zero-order valence-electron chi connectivity index (χ0n) is 11.1. The van der Waals surface area contributed by atoms with Crippen molar-refractivity contribution in [3.8, 4) is 11.6 Å². The lowest BCUT2D eigenvalue weighted by Gasteiger charge is -2.06. The second-order valence-electron chi connectivity index (χ2n) is 4.27. The van der Waals surface area contributed by atoms with E-state index in [2.05, 4.69) is 15.3 Å². The maximum Gasteiger partial charge on any atom is 0.299 e. The highest BCUT2D eigenvalue weighted by Gasteiger charge is 2.18. The summed E-state index contributed by atoms with van der Waals surface area (Å²) in [5.41, 5.74) is -0.143. The number of rotatable bonds is 4. The quantitative estimate of drug-likeness (QED) is 0.533. The van der Waals surface area contributed by atoms with E-state index >= 15 is 0 Å². The van der Waals surface area contributed by atoms with Gasteiger partial charge in [0.1, 0.15) is 10.8 Å². The van der Waals surface area contributed by atoms with Gasteiger partial charge in [0.15, 0.2) is 5.65 Å². The van der Waals surface area contributed by atoms with Gasteiger partial charge in [-0.2, -0.15) is 4.52 Å². The standard InChI is InChI=1S/C12H6ClF2N5O3/c13-7-5-6(1-2-8(7)20(21)22)23-10-4-3-9-16-17-12(11(14)15)19(9)18-10/h1-5,11H. The Labute approximate surface area is 131 Å². The molecule has 0 aliphatic carbocycles. The minimum absolute atomic E-state index is 0.0240. The lowest BCUT2D eigenvalue weighted by molar-refractivity contribution is -0.384. The number of hydrogen-bond donors (Lipinski definition) is 0. The van der Waals surface area contributed by atoms with Gasteiger partial charge in [-0.3, -0.25) is 10.1 Å². The first-order valence-corrected chi connectivity index (χ1v) is 6.46. The average molecular weight is 342 g/mol. The average Bonchev–Trinajstić information content (AvgIpc) is 2.90. The van der Waals surface area contributed by atoms with Gasteiger partial charge in [-0.05, 0) is 12.1 Å². The molecular formula is C12H6ClF2N5O3. The Hall–Kier alpha value is -2.88. The lowest BCUT2D eigenvalue weighted by Crippen LogP contribution is -2.01. The van der Waals surface area contributed by atoms with Crippen LogP contribution in [0, 0.1) is 10.1 Å². The minimum atomic E-state index is -2.85. The molecule has 23 heavy (non-hydrogen) atoms. The van der Waals surface area contributed by atoms with Crippen LogP contribution in [0.4, 0.5) is 14.5 Å². The Morgan fingerprint density at radius 3 is 2.70 bits per heavy atom. The van der Waals surface area contributed by atoms with E-state index in [9.17, 15) is 18.9 Å². The van der Waals surface area contributed by atoms with E-state index in [1.54, 1.807) is 0 Å². The van der Waals surface area contributed by atoms with Crippen molar-refractivity contribution in [1.29, 1.82) is 0 Å². The summed E-state index contributed by atoms with van der Waals surface area (Å²) in [5, 5.41) is 21.3. The largest absolute Gasteiger partial charge is 0.438 e. The molecule has 0 aliphatic heterocycles. The first kappa shape index (κ1) is 15.0. The molecule has 0 spiro atoms. The first-order chi connectivity index (χ1) is 11.0. The van der Waals surface area contributed by atoms with Gasteiger partial charge < -0.3 is 4.74 Å². The zero-order valence-corrected chi connectivity index (χ0v) is 11.8. The van der Waals surface area contributed by atoms with Crippen LogP contribution >= 0.6 is 11.6 Å². The highest BCUT2D eigenvalue weighted by molar-refractivity contribution is 6.32. The number of hydrogen-bond acceptors (Lipinski definition) is 6. The van der Waals surface area contributed by atoms with E-state index in [1.807, 2.05) is 0 Å². The molecule has 0 saturated carbocycles. The molecule has 0 N–H and O–H groups in total. The Morgan fingerprint density at radius 1 is 1.26 bits per heavy atom. The third-order valence-corrected chi connectivity index (χ3v) is 3.10. The maximum absolute atomic E-state index is 12.8. The van der Waals surface area contributed by atoms with Gasteiger partial charge in [-0.1, -0.05) is 11.6 Å². The van der Waals surface area contributed by atoms with Crippen LogP contribution < -0.4 is 4.74 Å². The number of nitrogens with zero attached hydrogens (tertiary/aromatic N) is 5. The number of aromatic nitrogens is 4. The van der Waals surface area contributed by atoms with Crippen molar-refractivity contribution in [2.24, 2.45) is 0 Å². The topological polar surface area (TPSA) is 95.5 Å². The third kappa shape index (κ3) is 2.88. The van der Waals surface area contributed by atoms with Crippen LogP contribution in [-0.4, -0.2) is 24.7 Å². The van der Waals surface area contributed by atoms with Gasteiger partial charge in [0.2, 0.25) is 11.7 Å². The van der Waals surface area contributed by atoms with Crippen LogP contribution in [0.3, 0.4) is 0 Å². The Morgan fingerprint density at radius 2 is 2.04 bits per heavy atom. The molecule has 2 heterocycles. The molecule has 1 aromatic carbocycles. The molecule has 2 aromatic heterocycles. The minimum Gasteiger partial charge on any atom is -0.438 e. The summed E-state index contributed by atoms with van der Waals surface area (Å²) in [7, 11) is 0. The van der Waals surface area contributed by atoms with Crippen LogP contribution in [-0.2, 0) is 0 Å². The molecule has 3 aromatic rings. The summed E-state index contributed by atoms with van der Waals surface area (Å²) in [6.45, 7) is 0. The van der Waals surface area contributed by atoms with Crippen molar-refractivity contribution in [2.45, 2.75) is 6.43 Å². The third-order valence-electron chi connectivity index (χ3n) is 2.80. The highest BCUT2D eigenvalue weighted by atomic mass is 35.5. The summed E-state index contributed by atoms with van der Waals surface area (Å²) in [5.74, 6) is -0.476. The van der Waals surface area contributed by atoms with E-state index in [1.165, 1.54) is 30.3 Å². The molecule has 0 saturated heterocycles. The van der Waals surface area contributed by atoms with Gasteiger partial charge in [-0.25, -0.2) is 8.78 Å². The number of halogens is 3. The fraction of sp³-hybridized carbons (Fsp3) is 0.0833. The van der Waals surface area contributed by atoms with Crippen LogP contribution in [0.5, 0.6) is 11.6 Å². The van der Waals surface area contributed by atoms with Crippen LogP contribution in [0.2, 0.25) is 5.02 Å². The van der Waals surface area contributed by atoms with Gasteiger partial charge in [0.25, 0.3) is 12.1 Å². The van der Waals surface area contributed by atoms with Crippen molar-refractivity contribution in [3.63, 3.8) is 0 Å². The van der Waals surface area contributed by atoms with Crippen molar-refractivity contribution in [3.05, 3.63) is 51.3 Å².